The summed E-state index contributed by atoms with van der Waals surface area (Å²) in [5.74, 6) is -0.986. The third-order valence-electron chi connectivity index (χ3n) is 9.89. The van der Waals surface area contributed by atoms with Crippen molar-refractivity contribution in [1.82, 2.24) is 0 Å². The molecule has 0 aromatic heterocycles. The zero-order valence-corrected chi connectivity index (χ0v) is 38.7. The van der Waals surface area contributed by atoms with Gasteiger partial charge in [0.05, 0.1) is 0 Å². The molecule has 0 aliphatic heterocycles. The third kappa shape index (κ3) is 45.4. The van der Waals surface area contributed by atoms with E-state index in [0.29, 0.717) is 19.3 Å². The van der Waals surface area contributed by atoms with E-state index < -0.39 is 6.10 Å². The number of unbranched alkanes of at least 4 members (excludes halogenated alkanes) is 18. The van der Waals surface area contributed by atoms with Crippen molar-refractivity contribution in [1.29, 1.82) is 0 Å². The van der Waals surface area contributed by atoms with Crippen molar-refractivity contribution in [2.45, 2.75) is 213 Å². The van der Waals surface area contributed by atoms with Gasteiger partial charge in [-0.15, -0.1) is 0 Å². The van der Waals surface area contributed by atoms with Crippen molar-refractivity contribution in [3.05, 3.63) is 97.2 Å². The molecule has 0 saturated heterocycles. The van der Waals surface area contributed by atoms with Gasteiger partial charge in [-0.2, -0.15) is 0 Å². The second kappa shape index (κ2) is 48.0. The molecule has 0 aliphatic rings. The summed E-state index contributed by atoms with van der Waals surface area (Å²) >= 11 is 0. The minimum atomic E-state index is -0.810. The molecule has 0 N–H and O–H groups in total. The van der Waals surface area contributed by atoms with E-state index in [1.165, 1.54) is 51.4 Å². The van der Waals surface area contributed by atoms with Crippen LogP contribution in [0.3, 0.4) is 0 Å². The molecule has 0 aliphatic carbocycles. The van der Waals surface area contributed by atoms with Gasteiger partial charge in [-0.1, -0.05) is 182 Å². The highest BCUT2D eigenvalue weighted by Gasteiger charge is 2.19. The second-order valence-electron chi connectivity index (χ2n) is 15.7. The quantitative estimate of drug-likeness (QED) is 0.0200. The molecule has 6 heteroatoms. The van der Waals surface area contributed by atoms with E-state index in [-0.39, 0.29) is 37.5 Å². The Kier molecular flexibility index (Phi) is 45.1. The zero-order chi connectivity index (χ0) is 43.7. The van der Waals surface area contributed by atoms with Crippen molar-refractivity contribution in [3.63, 3.8) is 0 Å². The van der Waals surface area contributed by atoms with Gasteiger partial charge in [0.25, 0.3) is 0 Å². The Morgan fingerprint density at radius 2 is 0.717 bits per heavy atom. The molecule has 0 radical (unpaired) electrons. The molecule has 0 heterocycles. The van der Waals surface area contributed by atoms with Crippen LogP contribution in [0.15, 0.2) is 97.2 Å². The smallest absolute Gasteiger partial charge is 0.306 e. The normalized spacial score (nSPS) is 12.9. The van der Waals surface area contributed by atoms with Crippen LogP contribution in [-0.2, 0) is 28.6 Å². The number of esters is 3. The SMILES string of the molecule is CC/C=C\C/C=C\C/C=C\CCCCC(=O)OC(COC(=O)CCCCCCC\C=C/C=C\C=C/C=C\CCCCC)COC(=O)CCCCCCC/C=C\CCCCC. The van der Waals surface area contributed by atoms with Crippen molar-refractivity contribution in [2.75, 3.05) is 13.2 Å². The molecule has 0 rings (SSSR count). The fourth-order valence-electron chi connectivity index (χ4n) is 6.23. The largest absolute Gasteiger partial charge is 0.462 e. The summed E-state index contributed by atoms with van der Waals surface area (Å²) in [7, 11) is 0. The minimum absolute atomic E-state index is 0.107. The van der Waals surface area contributed by atoms with Crippen molar-refractivity contribution >= 4 is 17.9 Å². The Morgan fingerprint density at radius 3 is 1.22 bits per heavy atom. The average molecular weight is 833 g/mol. The first-order valence-corrected chi connectivity index (χ1v) is 24.3. The number of carbonyl (C=O) groups excluding carboxylic acids is 3. The first-order chi connectivity index (χ1) is 29.5. The van der Waals surface area contributed by atoms with Crippen LogP contribution in [0.5, 0.6) is 0 Å². The van der Waals surface area contributed by atoms with E-state index in [9.17, 15) is 14.4 Å². The van der Waals surface area contributed by atoms with E-state index in [2.05, 4.69) is 118 Å². The molecule has 1 atom stereocenters. The van der Waals surface area contributed by atoms with Crippen molar-refractivity contribution < 1.29 is 28.6 Å². The number of ether oxygens (including phenoxy) is 3. The molecule has 0 spiro atoms. The van der Waals surface area contributed by atoms with Crippen LogP contribution in [0.4, 0.5) is 0 Å². The van der Waals surface area contributed by atoms with Gasteiger partial charge in [-0.05, 0) is 103 Å². The predicted molar refractivity (Wildman–Crippen MR) is 256 cm³/mol. The topological polar surface area (TPSA) is 78.9 Å². The van der Waals surface area contributed by atoms with Crippen LogP contribution in [0.25, 0.3) is 0 Å². The minimum Gasteiger partial charge on any atom is -0.462 e. The van der Waals surface area contributed by atoms with Gasteiger partial charge in [-0.3, -0.25) is 14.4 Å². The van der Waals surface area contributed by atoms with Gasteiger partial charge in [0.1, 0.15) is 13.2 Å². The van der Waals surface area contributed by atoms with Crippen LogP contribution in [0.1, 0.15) is 207 Å². The maximum atomic E-state index is 12.7. The predicted octanol–water partition coefficient (Wildman–Crippen LogP) is 15.8. The monoisotopic (exact) mass is 833 g/mol. The molecule has 0 bridgehead atoms. The van der Waals surface area contributed by atoms with Crippen LogP contribution in [0.2, 0.25) is 0 Å². The lowest BCUT2D eigenvalue weighted by Crippen LogP contribution is -2.30. The Bertz CT molecular complexity index is 1230. The maximum absolute atomic E-state index is 12.7. The van der Waals surface area contributed by atoms with E-state index in [0.717, 1.165) is 109 Å². The van der Waals surface area contributed by atoms with Gasteiger partial charge in [-0.25, -0.2) is 0 Å². The summed E-state index contributed by atoms with van der Waals surface area (Å²) in [5.41, 5.74) is 0. The molecular weight excluding hydrogens is 745 g/mol. The number of carbonyl (C=O) groups is 3. The zero-order valence-electron chi connectivity index (χ0n) is 38.7. The van der Waals surface area contributed by atoms with Gasteiger partial charge in [0.2, 0.25) is 0 Å². The number of allylic oxidation sites excluding steroid dienone is 16. The molecular formula is C54H88O6. The average Bonchev–Trinajstić information content (AvgIpc) is 3.24. The summed E-state index contributed by atoms with van der Waals surface area (Å²) in [4.78, 5) is 37.8. The fourth-order valence-corrected chi connectivity index (χ4v) is 6.23. The molecule has 1 unspecified atom stereocenters. The summed E-state index contributed by atoms with van der Waals surface area (Å²) in [6.45, 7) is 6.37. The maximum Gasteiger partial charge on any atom is 0.306 e. The van der Waals surface area contributed by atoms with Crippen LogP contribution in [0, 0.1) is 0 Å². The number of hydrogen-bond donors (Lipinski definition) is 0. The van der Waals surface area contributed by atoms with E-state index in [1.807, 2.05) is 0 Å². The summed E-state index contributed by atoms with van der Waals surface area (Å²) in [6.07, 6.45) is 62.4. The molecule has 0 aromatic carbocycles. The molecule has 0 fully saturated rings. The van der Waals surface area contributed by atoms with Gasteiger partial charge in [0, 0.05) is 19.3 Å². The lowest BCUT2D eigenvalue weighted by atomic mass is 10.1. The molecule has 60 heavy (non-hydrogen) atoms. The molecule has 340 valence electrons. The molecule has 0 saturated carbocycles. The van der Waals surface area contributed by atoms with Gasteiger partial charge < -0.3 is 14.2 Å². The highest BCUT2D eigenvalue weighted by molar-refractivity contribution is 5.71. The Hall–Kier alpha value is -3.67. The molecule has 0 amide bonds. The molecule has 0 aromatic rings. The summed E-state index contributed by atoms with van der Waals surface area (Å²) in [6, 6.07) is 0. The summed E-state index contributed by atoms with van der Waals surface area (Å²) in [5, 5.41) is 0. The first-order valence-electron chi connectivity index (χ1n) is 24.3. The van der Waals surface area contributed by atoms with E-state index in [1.54, 1.807) is 0 Å². The Labute approximate surface area is 368 Å². The Morgan fingerprint density at radius 1 is 0.367 bits per heavy atom. The summed E-state index contributed by atoms with van der Waals surface area (Å²) < 4.78 is 16.7. The highest BCUT2D eigenvalue weighted by atomic mass is 16.6. The highest BCUT2D eigenvalue weighted by Crippen LogP contribution is 2.12. The first kappa shape index (κ1) is 56.3. The van der Waals surface area contributed by atoms with Crippen LogP contribution in [-0.4, -0.2) is 37.2 Å². The molecule has 6 nitrogen and oxygen atoms in total. The van der Waals surface area contributed by atoms with Crippen LogP contribution >= 0.6 is 0 Å². The standard InChI is InChI=1S/C54H88O6/c1-4-7-10-13-16-19-22-25-26-27-28-29-30-33-35-38-41-44-47-53(56)59-50-51(60-54(57)48-45-42-39-36-32-24-21-18-15-12-9-6-3)49-58-52(55)46-43-40-37-34-31-23-20-17-14-11-8-5-2/h9,12,16-22,25-29,32,36,51H,4-8,10-11,13-15,23-24,30-31,33-35,37-50H2,1-3H3/b12-9-,19-16-,20-17-,21-18-,25-22-,27-26-,29-28-,36-32-. The van der Waals surface area contributed by atoms with E-state index in [4.69, 9.17) is 14.2 Å². The Balaban J connectivity index is 4.49. The van der Waals surface area contributed by atoms with Gasteiger partial charge >= 0.3 is 17.9 Å². The fraction of sp³-hybridized carbons (Fsp3) is 0.648. The van der Waals surface area contributed by atoms with Crippen molar-refractivity contribution in [3.8, 4) is 0 Å². The van der Waals surface area contributed by atoms with E-state index >= 15 is 0 Å². The lowest BCUT2D eigenvalue weighted by Gasteiger charge is -2.18. The van der Waals surface area contributed by atoms with Gasteiger partial charge in [0.15, 0.2) is 6.10 Å². The second-order valence-corrected chi connectivity index (χ2v) is 15.7. The number of rotatable bonds is 42. The van der Waals surface area contributed by atoms with Crippen molar-refractivity contribution in [2.24, 2.45) is 0 Å². The number of hydrogen-bond acceptors (Lipinski definition) is 6. The third-order valence-corrected chi connectivity index (χ3v) is 9.89. The van der Waals surface area contributed by atoms with Crippen LogP contribution < -0.4 is 0 Å². The lowest BCUT2D eigenvalue weighted by molar-refractivity contribution is -0.167.